The van der Waals surface area contributed by atoms with E-state index in [1.54, 1.807) is 24.3 Å². The molecule has 2 aliphatic carbocycles. The molecule has 1 N–H and O–H groups in total. The maximum Gasteiger partial charge on any atom is 0.251 e. The van der Waals surface area contributed by atoms with Gasteiger partial charge in [0.05, 0.1) is 0 Å². The Morgan fingerprint density at radius 1 is 1.30 bits per heavy atom. The Balaban J connectivity index is 1.63. The minimum absolute atomic E-state index is 0.0511. The normalized spacial score (nSPS) is 28.9. The summed E-state index contributed by atoms with van der Waals surface area (Å²) in [5.74, 6) is 1.85. The van der Waals surface area contributed by atoms with Gasteiger partial charge in [0.2, 0.25) is 0 Å². The third-order valence-corrected chi connectivity index (χ3v) is 4.90. The topological polar surface area (TPSA) is 46.2 Å². The van der Waals surface area contributed by atoms with Crippen molar-refractivity contribution in [3.8, 4) is 0 Å². The molecule has 2 fully saturated rings. The largest absolute Gasteiger partial charge is 0.349 e. The fraction of sp³-hybridized carbons (Fsp3) is 0.500. The second kappa shape index (κ2) is 5.21. The molecule has 0 bridgehead atoms. The minimum Gasteiger partial charge on any atom is -0.349 e. The zero-order valence-electron chi connectivity index (χ0n) is 11.4. The Kier molecular flexibility index (Phi) is 3.55. The number of hydrogen-bond donors (Lipinski definition) is 1. The summed E-state index contributed by atoms with van der Waals surface area (Å²) in [6.45, 7) is 2.09. The Labute approximate surface area is 123 Å². The Hall–Kier alpha value is -1.35. The number of carbonyl (C=O) groups excluding carboxylic acids is 2. The van der Waals surface area contributed by atoms with Crippen LogP contribution in [-0.2, 0) is 4.79 Å². The molecule has 20 heavy (non-hydrogen) atoms. The second-order valence-corrected chi connectivity index (χ2v) is 6.28. The van der Waals surface area contributed by atoms with Crippen molar-refractivity contribution < 1.29 is 9.59 Å². The van der Waals surface area contributed by atoms with Gasteiger partial charge in [0.15, 0.2) is 0 Å². The summed E-state index contributed by atoms with van der Waals surface area (Å²) >= 11 is 5.82. The van der Waals surface area contributed by atoms with Gasteiger partial charge in [-0.15, -0.1) is 0 Å². The quantitative estimate of drug-likeness (QED) is 0.927. The Bertz CT molecular complexity index is 526. The highest BCUT2D eigenvalue weighted by Crippen LogP contribution is 2.58. The van der Waals surface area contributed by atoms with E-state index >= 15 is 0 Å². The molecule has 2 saturated carbocycles. The molecule has 0 aliphatic heterocycles. The van der Waals surface area contributed by atoms with Gasteiger partial charge < -0.3 is 5.32 Å². The summed E-state index contributed by atoms with van der Waals surface area (Å²) in [7, 11) is 0. The van der Waals surface area contributed by atoms with Crippen LogP contribution < -0.4 is 5.32 Å². The molecule has 0 saturated heterocycles. The maximum atomic E-state index is 12.2. The van der Waals surface area contributed by atoms with Gasteiger partial charge in [-0.05, 0) is 48.4 Å². The molecular formula is C16H18ClNO2. The zero-order valence-corrected chi connectivity index (χ0v) is 12.2. The molecule has 2 aliphatic rings. The van der Waals surface area contributed by atoms with Crippen LogP contribution in [0, 0.1) is 17.8 Å². The first-order chi connectivity index (χ1) is 9.60. The molecule has 0 heterocycles. The van der Waals surface area contributed by atoms with Crippen molar-refractivity contribution in [1.82, 2.24) is 5.32 Å². The van der Waals surface area contributed by atoms with Gasteiger partial charge >= 0.3 is 0 Å². The number of nitrogens with one attached hydrogen (secondary N) is 1. The van der Waals surface area contributed by atoms with E-state index in [1.165, 1.54) is 0 Å². The molecule has 3 rings (SSSR count). The van der Waals surface area contributed by atoms with Gasteiger partial charge in [-0.1, -0.05) is 18.5 Å². The molecule has 1 aromatic carbocycles. The number of hydrogen-bond acceptors (Lipinski definition) is 2. The monoisotopic (exact) mass is 291 g/mol. The lowest BCUT2D eigenvalue weighted by Crippen LogP contribution is -2.37. The average Bonchev–Trinajstić information content (AvgIpc) is 2.92. The highest BCUT2D eigenvalue weighted by atomic mass is 35.5. The van der Waals surface area contributed by atoms with E-state index in [0.29, 0.717) is 47.0 Å². The maximum absolute atomic E-state index is 12.2. The molecule has 1 amide bonds. The van der Waals surface area contributed by atoms with Crippen molar-refractivity contribution in [2.24, 2.45) is 17.8 Å². The lowest BCUT2D eigenvalue weighted by atomic mass is 10.0. The van der Waals surface area contributed by atoms with Crippen molar-refractivity contribution in [2.45, 2.75) is 32.2 Å². The smallest absolute Gasteiger partial charge is 0.251 e. The predicted molar refractivity (Wildman–Crippen MR) is 77.7 cm³/mol. The molecule has 0 spiro atoms. The molecule has 0 radical (unpaired) electrons. The first-order valence-electron chi connectivity index (χ1n) is 7.18. The van der Waals surface area contributed by atoms with Gasteiger partial charge in [-0.3, -0.25) is 9.59 Å². The highest BCUT2D eigenvalue weighted by molar-refractivity contribution is 6.30. The molecule has 4 heteroatoms. The van der Waals surface area contributed by atoms with Crippen molar-refractivity contribution in [2.75, 3.05) is 0 Å². The molecular weight excluding hydrogens is 274 g/mol. The number of Topliss-reactive ketones (excluding diaryl/α,β-unsaturated/α-hetero) is 1. The fourth-order valence-electron chi connectivity index (χ4n) is 3.58. The number of ketones is 1. The van der Waals surface area contributed by atoms with Crippen LogP contribution in [0.5, 0.6) is 0 Å². The van der Waals surface area contributed by atoms with Gasteiger partial charge in [0.25, 0.3) is 5.91 Å². The Morgan fingerprint density at radius 2 is 1.90 bits per heavy atom. The average molecular weight is 292 g/mol. The molecule has 3 atom stereocenters. The van der Waals surface area contributed by atoms with Gasteiger partial charge in [0, 0.05) is 29.5 Å². The van der Waals surface area contributed by atoms with Gasteiger partial charge in [-0.25, -0.2) is 0 Å². The number of fused-ring (bicyclic) bond motifs is 1. The number of amides is 1. The molecule has 3 unspecified atom stereocenters. The zero-order chi connectivity index (χ0) is 14.3. The second-order valence-electron chi connectivity index (χ2n) is 5.85. The van der Waals surface area contributed by atoms with Crippen LogP contribution in [0.4, 0.5) is 0 Å². The van der Waals surface area contributed by atoms with Crippen molar-refractivity contribution in [1.29, 1.82) is 0 Å². The van der Waals surface area contributed by atoms with E-state index < -0.39 is 0 Å². The first kappa shape index (κ1) is 13.6. The van der Waals surface area contributed by atoms with Crippen LogP contribution in [-0.4, -0.2) is 17.7 Å². The standard InChI is InChI=1S/C16H18ClNO2/c1-2-14(15-12-7-11(19)8-13(12)15)18-16(20)9-3-5-10(17)6-4-9/h3-6,12-15H,2,7-8H2,1H3,(H,18,20). The third kappa shape index (κ3) is 2.47. The SMILES string of the molecule is CCC(NC(=O)c1ccc(Cl)cc1)C1C2CC(=O)CC21. The highest BCUT2D eigenvalue weighted by Gasteiger charge is 2.58. The molecule has 0 aromatic heterocycles. The van der Waals surface area contributed by atoms with E-state index in [9.17, 15) is 9.59 Å². The van der Waals surface area contributed by atoms with Crippen LogP contribution in [0.3, 0.4) is 0 Å². The first-order valence-corrected chi connectivity index (χ1v) is 7.56. The van der Waals surface area contributed by atoms with Crippen LogP contribution in [0.1, 0.15) is 36.5 Å². The minimum atomic E-state index is -0.0511. The summed E-state index contributed by atoms with van der Waals surface area (Å²) in [5, 5.41) is 3.74. The fourth-order valence-corrected chi connectivity index (χ4v) is 3.70. The van der Waals surface area contributed by atoms with E-state index in [0.717, 1.165) is 6.42 Å². The van der Waals surface area contributed by atoms with Gasteiger partial charge in [0.1, 0.15) is 5.78 Å². The number of halogens is 1. The van der Waals surface area contributed by atoms with Crippen LogP contribution >= 0.6 is 11.6 Å². The lowest BCUT2D eigenvalue weighted by Gasteiger charge is -2.18. The van der Waals surface area contributed by atoms with Crippen molar-refractivity contribution in [3.05, 3.63) is 34.9 Å². The van der Waals surface area contributed by atoms with E-state index in [4.69, 9.17) is 11.6 Å². The van der Waals surface area contributed by atoms with Crippen LogP contribution in [0.2, 0.25) is 5.02 Å². The summed E-state index contributed by atoms with van der Waals surface area (Å²) in [5.41, 5.74) is 0.634. The third-order valence-electron chi connectivity index (χ3n) is 4.65. The summed E-state index contributed by atoms with van der Waals surface area (Å²) in [6, 6.07) is 7.11. The predicted octanol–water partition coefficient (Wildman–Crippen LogP) is 3.07. The van der Waals surface area contributed by atoms with E-state index in [1.807, 2.05) is 0 Å². The molecule has 106 valence electrons. The number of carbonyl (C=O) groups is 2. The van der Waals surface area contributed by atoms with Crippen LogP contribution in [0.15, 0.2) is 24.3 Å². The molecule has 3 nitrogen and oxygen atoms in total. The van der Waals surface area contributed by atoms with E-state index in [-0.39, 0.29) is 11.9 Å². The van der Waals surface area contributed by atoms with E-state index in [2.05, 4.69) is 12.2 Å². The van der Waals surface area contributed by atoms with Crippen molar-refractivity contribution >= 4 is 23.3 Å². The molecule has 1 aromatic rings. The number of rotatable bonds is 4. The summed E-state index contributed by atoms with van der Waals surface area (Å²) in [6.07, 6.45) is 2.33. The van der Waals surface area contributed by atoms with Crippen molar-refractivity contribution in [3.63, 3.8) is 0 Å². The van der Waals surface area contributed by atoms with Gasteiger partial charge in [-0.2, -0.15) is 0 Å². The number of benzene rings is 1. The van der Waals surface area contributed by atoms with Crippen LogP contribution in [0.25, 0.3) is 0 Å². The Morgan fingerprint density at radius 3 is 2.45 bits per heavy atom. The summed E-state index contributed by atoms with van der Waals surface area (Å²) in [4.78, 5) is 23.5. The summed E-state index contributed by atoms with van der Waals surface area (Å²) < 4.78 is 0. The lowest BCUT2D eigenvalue weighted by molar-refractivity contribution is -0.118.